The molecule has 2 aromatic carbocycles. The molecule has 0 unspecified atom stereocenters. The summed E-state index contributed by atoms with van der Waals surface area (Å²) < 4.78 is 10.8. The highest BCUT2D eigenvalue weighted by Gasteiger charge is 2.25. The fraction of sp³-hybridized carbons (Fsp3) is 0.478. The summed E-state index contributed by atoms with van der Waals surface area (Å²) >= 11 is 8.13. The molecule has 6 nitrogen and oxygen atoms in total. The van der Waals surface area contributed by atoms with E-state index in [1.807, 2.05) is 12.1 Å². The highest BCUT2D eigenvalue weighted by molar-refractivity contribution is 7.99. The van der Waals surface area contributed by atoms with Crippen molar-refractivity contribution >= 4 is 34.7 Å². The predicted octanol–water partition coefficient (Wildman–Crippen LogP) is 3.93. The third-order valence-corrected chi connectivity index (χ3v) is 7.10. The molecular formula is C23H30ClN3O3S. The molecule has 2 heterocycles. The van der Waals surface area contributed by atoms with E-state index in [1.165, 1.54) is 9.79 Å². The van der Waals surface area contributed by atoms with Crippen LogP contribution in [0.5, 0.6) is 5.75 Å². The molecule has 1 fully saturated rings. The molecule has 168 valence electrons. The molecule has 8 heteroatoms. The van der Waals surface area contributed by atoms with Crippen molar-refractivity contribution in [3.63, 3.8) is 0 Å². The van der Waals surface area contributed by atoms with Crippen LogP contribution in [-0.4, -0.2) is 81.2 Å². The summed E-state index contributed by atoms with van der Waals surface area (Å²) in [6.07, 6.45) is 1.05. The summed E-state index contributed by atoms with van der Waals surface area (Å²) in [7, 11) is 1.63. The molecular weight excluding hydrogens is 434 g/mol. The zero-order chi connectivity index (χ0) is 21.6. The van der Waals surface area contributed by atoms with Crippen LogP contribution in [0.1, 0.15) is 6.42 Å². The number of hydrogen-bond donors (Lipinski definition) is 1. The summed E-state index contributed by atoms with van der Waals surface area (Å²) in [6, 6.07) is 12.3. The fourth-order valence-corrected chi connectivity index (χ4v) is 5.34. The Morgan fingerprint density at radius 3 is 2.32 bits per heavy atom. The SMILES string of the molecule is COCOc1ccc2c(c1)N(CCCN1CCN(CCO)CC1)c1cc(Cl)ccc1S2. The molecule has 4 rings (SSSR count). The molecule has 0 atom stereocenters. The molecule has 0 saturated carbocycles. The van der Waals surface area contributed by atoms with Crippen LogP contribution in [-0.2, 0) is 4.74 Å². The van der Waals surface area contributed by atoms with Crippen molar-refractivity contribution in [2.75, 3.05) is 71.2 Å². The molecule has 2 aromatic rings. The highest BCUT2D eigenvalue weighted by atomic mass is 35.5. The number of ether oxygens (including phenoxy) is 2. The number of fused-ring (bicyclic) bond motifs is 2. The minimum absolute atomic E-state index is 0.233. The Balaban J connectivity index is 1.46. The summed E-state index contributed by atoms with van der Waals surface area (Å²) in [5, 5.41) is 9.88. The monoisotopic (exact) mass is 463 g/mol. The smallest absolute Gasteiger partial charge is 0.188 e. The number of β-amino-alcohol motifs (C(OH)–C–C–N with tert-alkyl or cyclic N) is 1. The Hall–Kier alpha value is -1.48. The predicted molar refractivity (Wildman–Crippen MR) is 126 cm³/mol. The van der Waals surface area contributed by atoms with E-state index >= 15 is 0 Å². The van der Waals surface area contributed by atoms with Gasteiger partial charge in [0.25, 0.3) is 0 Å². The standard InChI is InChI=1S/C23H30ClN3O3S/c1-29-17-30-19-4-6-23-21(16-19)27(20-15-18(24)3-5-22(20)31-23)8-2-7-25-9-11-26(12-10-25)13-14-28/h3-6,15-16,28H,2,7-14,17H2,1H3. The maximum absolute atomic E-state index is 9.13. The molecule has 2 aliphatic rings. The van der Waals surface area contributed by atoms with E-state index in [2.05, 4.69) is 39.0 Å². The number of halogens is 1. The Morgan fingerprint density at radius 1 is 0.935 bits per heavy atom. The fourth-order valence-electron chi connectivity index (χ4n) is 4.12. The van der Waals surface area contributed by atoms with E-state index in [0.717, 1.165) is 74.4 Å². The van der Waals surface area contributed by atoms with E-state index in [4.69, 9.17) is 26.2 Å². The number of nitrogens with zero attached hydrogens (tertiary/aromatic N) is 3. The topological polar surface area (TPSA) is 48.4 Å². The number of piperazine rings is 1. The molecule has 0 aliphatic carbocycles. The van der Waals surface area contributed by atoms with Crippen LogP contribution in [0.3, 0.4) is 0 Å². The maximum Gasteiger partial charge on any atom is 0.188 e. The van der Waals surface area contributed by atoms with Crippen molar-refractivity contribution in [1.82, 2.24) is 9.80 Å². The molecule has 0 amide bonds. The van der Waals surface area contributed by atoms with Crippen molar-refractivity contribution in [3.8, 4) is 5.75 Å². The average Bonchev–Trinajstić information content (AvgIpc) is 2.79. The van der Waals surface area contributed by atoms with Gasteiger partial charge in [-0.15, -0.1) is 0 Å². The van der Waals surface area contributed by atoms with Gasteiger partial charge in [0, 0.05) is 67.3 Å². The van der Waals surface area contributed by atoms with Gasteiger partial charge in [-0.25, -0.2) is 0 Å². The second kappa shape index (κ2) is 10.9. The third-order valence-electron chi connectivity index (χ3n) is 5.73. The third kappa shape index (κ3) is 5.66. The molecule has 0 aromatic heterocycles. The van der Waals surface area contributed by atoms with Crippen molar-refractivity contribution < 1.29 is 14.6 Å². The van der Waals surface area contributed by atoms with E-state index in [-0.39, 0.29) is 13.4 Å². The van der Waals surface area contributed by atoms with Crippen LogP contribution in [0.4, 0.5) is 11.4 Å². The second-order valence-electron chi connectivity index (χ2n) is 7.81. The van der Waals surface area contributed by atoms with Gasteiger partial charge in [-0.1, -0.05) is 23.4 Å². The van der Waals surface area contributed by atoms with Gasteiger partial charge < -0.3 is 24.4 Å². The van der Waals surface area contributed by atoms with E-state index in [0.29, 0.717) is 0 Å². The maximum atomic E-state index is 9.13. The van der Waals surface area contributed by atoms with Crippen molar-refractivity contribution in [1.29, 1.82) is 0 Å². The van der Waals surface area contributed by atoms with E-state index < -0.39 is 0 Å². The number of anilines is 2. The summed E-state index contributed by atoms with van der Waals surface area (Å²) in [6.45, 7) is 7.40. The average molecular weight is 464 g/mol. The van der Waals surface area contributed by atoms with Crippen LogP contribution in [0, 0.1) is 0 Å². The molecule has 2 aliphatic heterocycles. The van der Waals surface area contributed by atoms with Crippen LogP contribution in [0.15, 0.2) is 46.2 Å². The van der Waals surface area contributed by atoms with Gasteiger partial charge in [0.1, 0.15) is 5.75 Å². The summed E-state index contributed by atoms with van der Waals surface area (Å²) in [5.74, 6) is 0.802. The number of aliphatic hydroxyl groups is 1. The van der Waals surface area contributed by atoms with Crippen molar-refractivity contribution in [2.24, 2.45) is 0 Å². The quantitative estimate of drug-likeness (QED) is 0.565. The van der Waals surface area contributed by atoms with Gasteiger partial charge in [0.05, 0.1) is 18.0 Å². The van der Waals surface area contributed by atoms with Crippen LogP contribution < -0.4 is 9.64 Å². The summed E-state index contributed by atoms with van der Waals surface area (Å²) in [4.78, 5) is 9.66. The first-order valence-corrected chi connectivity index (χ1v) is 11.9. The summed E-state index contributed by atoms with van der Waals surface area (Å²) in [5.41, 5.74) is 2.31. The number of rotatable bonds is 9. The minimum atomic E-state index is 0.233. The van der Waals surface area contributed by atoms with Gasteiger partial charge in [0.2, 0.25) is 0 Å². The van der Waals surface area contributed by atoms with Gasteiger partial charge in [-0.05, 0) is 43.3 Å². The van der Waals surface area contributed by atoms with Crippen molar-refractivity contribution in [2.45, 2.75) is 16.2 Å². The highest BCUT2D eigenvalue weighted by Crippen LogP contribution is 2.49. The lowest BCUT2D eigenvalue weighted by atomic mass is 10.2. The Morgan fingerprint density at radius 2 is 1.61 bits per heavy atom. The Labute approximate surface area is 193 Å². The molecule has 31 heavy (non-hydrogen) atoms. The van der Waals surface area contributed by atoms with Crippen molar-refractivity contribution in [3.05, 3.63) is 41.4 Å². The lowest BCUT2D eigenvalue weighted by molar-refractivity contribution is 0.0511. The zero-order valence-electron chi connectivity index (χ0n) is 17.9. The molecule has 0 radical (unpaired) electrons. The van der Waals surface area contributed by atoms with E-state index in [1.54, 1.807) is 18.9 Å². The Bertz CT molecular complexity index is 877. The van der Waals surface area contributed by atoms with Gasteiger partial charge in [-0.3, -0.25) is 4.90 Å². The largest absolute Gasteiger partial charge is 0.467 e. The minimum Gasteiger partial charge on any atom is -0.467 e. The number of methoxy groups -OCH3 is 1. The Kier molecular flexibility index (Phi) is 7.98. The lowest BCUT2D eigenvalue weighted by Gasteiger charge is -2.36. The molecule has 0 spiro atoms. The molecule has 0 bridgehead atoms. The first-order chi connectivity index (χ1) is 15.2. The number of benzene rings is 2. The number of aliphatic hydroxyl groups excluding tert-OH is 1. The lowest BCUT2D eigenvalue weighted by Crippen LogP contribution is -2.47. The van der Waals surface area contributed by atoms with Gasteiger partial charge >= 0.3 is 0 Å². The number of hydrogen-bond acceptors (Lipinski definition) is 7. The van der Waals surface area contributed by atoms with Gasteiger partial charge in [-0.2, -0.15) is 0 Å². The van der Waals surface area contributed by atoms with Crippen LogP contribution in [0.2, 0.25) is 5.02 Å². The van der Waals surface area contributed by atoms with E-state index in [9.17, 15) is 0 Å². The first-order valence-electron chi connectivity index (χ1n) is 10.7. The molecule has 1 saturated heterocycles. The zero-order valence-corrected chi connectivity index (χ0v) is 19.5. The van der Waals surface area contributed by atoms with Crippen LogP contribution in [0.25, 0.3) is 0 Å². The van der Waals surface area contributed by atoms with Crippen LogP contribution >= 0.6 is 23.4 Å². The second-order valence-corrected chi connectivity index (χ2v) is 9.33. The molecule has 1 N–H and O–H groups in total. The normalized spacial score (nSPS) is 16.8. The first kappa shape index (κ1) is 22.7. The van der Waals surface area contributed by atoms with Gasteiger partial charge in [0.15, 0.2) is 6.79 Å².